The second-order valence-electron chi connectivity index (χ2n) is 7.21. The van der Waals surface area contributed by atoms with E-state index >= 15 is 0 Å². The van der Waals surface area contributed by atoms with Crippen LogP contribution in [0.5, 0.6) is 0 Å². The normalized spacial score (nSPS) is 20.4. The van der Waals surface area contributed by atoms with Gasteiger partial charge in [0, 0.05) is 32.0 Å². The van der Waals surface area contributed by atoms with Crippen LogP contribution in [0.15, 0.2) is 18.2 Å². The minimum absolute atomic E-state index is 0.110. The molecular formula is C19H24F2N2O3. The van der Waals surface area contributed by atoms with Gasteiger partial charge in [0.2, 0.25) is 0 Å². The molecule has 0 aromatic heterocycles. The number of halogens is 2. The average molecular weight is 366 g/mol. The maximum absolute atomic E-state index is 13.9. The molecule has 1 atom stereocenters. The summed E-state index contributed by atoms with van der Waals surface area (Å²) < 4.78 is 33.4. The Morgan fingerprint density at radius 1 is 1.27 bits per heavy atom. The van der Waals surface area contributed by atoms with Crippen molar-refractivity contribution < 1.29 is 23.1 Å². The standard InChI is InChI=1S/C19H24F2N2O3/c1-3-5-13(2)23-12-19(26-18(23)25)8-10-22(11-9-19)17(24)16-14(20)6-4-7-15(16)21/h4,6-7,13H,3,5,8-12H2,1-2H3. The molecule has 2 saturated heterocycles. The Morgan fingerprint density at radius 2 is 1.88 bits per heavy atom. The average Bonchev–Trinajstić information content (AvgIpc) is 2.91. The van der Waals surface area contributed by atoms with Gasteiger partial charge < -0.3 is 14.5 Å². The van der Waals surface area contributed by atoms with E-state index in [1.54, 1.807) is 4.90 Å². The SMILES string of the molecule is CCCC(C)N1CC2(CCN(C(=O)c3c(F)cccc3F)CC2)OC1=O. The number of amides is 2. The van der Waals surface area contributed by atoms with Gasteiger partial charge in [-0.25, -0.2) is 13.6 Å². The zero-order valence-corrected chi connectivity index (χ0v) is 15.1. The van der Waals surface area contributed by atoms with Gasteiger partial charge in [0.1, 0.15) is 22.8 Å². The summed E-state index contributed by atoms with van der Waals surface area (Å²) in [6, 6.07) is 3.50. The third-order valence-electron chi connectivity index (χ3n) is 5.37. The van der Waals surface area contributed by atoms with E-state index < -0.39 is 28.7 Å². The van der Waals surface area contributed by atoms with Gasteiger partial charge in [-0.15, -0.1) is 0 Å². The molecule has 2 aliphatic rings. The Hall–Kier alpha value is -2.18. The Balaban J connectivity index is 1.66. The van der Waals surface area contributed by atoms with Crippen molar-refractivity contribution in [2.45, 2.75) is 51.2 Å². The molecule has 2 amide bonds. The van der Waals surface area contributed by atoms with Gasteiger partial charge in [0.15, 0.2) is 0 Å². The van der Waals surface area contributed by atoms with Crippen LogP contribution in [0.4, 0.5) is 13.6 Å². The second-order valence-corrected chi connectivity index (χ2v) is 7.21. The number of likely N-dealkylation sites (tertiary alicyclic amines) is 1. The Labute approximate surface area is 151 Å². The summed E-state index contributed by atoms with van der Waals surface area (Å²) in [5, 5.41) is 0. The molecule has 1 spiro atoms. The highest BCUT2D eigenvalue weighted by Gasteiger charge is 2.48. The van der Waals surface area contributed by atoms with E-state index in [-0.39, 0.29) is 12.1 Å². The number of hydrogen-bond acceptors (Lipinski definition) is 3. The third kappa shape index (κ3) is 3.39. The highest BCUT2D eigenvalue weighted by atomic mass is 19.1. The van der Waals surface area contributed by atoms with Crippen molar-refractivity contribution in [3.05, 3.63) is 35.4 Å². The smallest absolute Gasteiger partial charge is 0.410 e. The molecule has 0 N–H and O–H groups in total. The molecule has 0 radical (unpaired) electrons. The number of carbonyl (C=O) groups is 2. The van der Waals surface area contributed by atoms with Crippen LogP contribution in [0, 0.1) is 11.6 Å². The van der Waals surface area contributed by atoms with Gasteiger partial charge >= 0.3 is 6.09 Å². The molecular weight excluding hydrogens is 342 g/mol. The summed E-state index contributed by atoms with van der Waals surface area (Å²) in [7, 11) is 0. The molecule has 1 aromatic rings. The quantitative estimate of drug-likeness (QED) is 0.818. The summed E-state index contributed by atoms with van der Waals surface area (Å²) in [4.78, 5) is 27.9. The minimum atomic E-state index is -0.859. The number of benzene rings is 1. The maximum Gasteiger partial charge on any atom is 0.410 e. The van der Waals surface area contributed by atoms with Crippen LogP contribution < -0.4 is 0 Å². The first-order valence-electron chi connectivity index (χ1n) is 9.10. The van der Waals surface area contributed by atoms with E-state index in [9.17, 15) is 18.4 Å². The molecule has 5 nitrogen and oxygen atoms in total. The van der Waals surface area contributed by atoms with E-state index in [1.165, 1.54) is 11.0 Å². The molecule has 2 heterocycles. The highest BCUT2D eigenvalue weighted by molar-refractivity contribution is 5.94. The van der Waals surface area contributed by atoms with E-state index in [1.807, 2.05) is 6.92 Å². The maximum atomic E-state index is 13.9. The predicted octanol–water partition coefficient (Wildman–Crippen LogP) is 3.58. The van der Waals surface area contributed by atoms with Gasteiger partial charge in [-0.1, -0.05) is 19.4 Å². The van der Waals surface area contributed by atoms with Gasteiger partial charge in [-0.05, 0) is 25.5 Å². The molecule has 0 aliphatic carbocycles. The van der Waals surface area contributed by atoms with Crippen molar-refractivity contribution in [1.29, 1.82) is 0 Å². The molecule has 1 aromatic carbocycles. The van der Waals surface area contributed by atoms with E-state index in [4.69, 9.17) is 4.74 Å². The zero-order valence-electron chi connectivity index (χ0n) is 15.1. The lowest BCUT2D eigenvalue weighted by Crippen LogP contribution is -2.49. The summed E-state index contributed by atoms with van der Waals surface area (Å²) in [6.07, 6.45) is 2.51. The van der Waals surface area contributed by atoms with Crippen molar-refractivity contribution in [3.8, 4) is 0 Å². The number of carbonyl (C=O) groups excluding carboxylic acids is 2. The van der Waals surface area contributed by atoms with E-state index in [0.29, 0.717) is 32.5 Å². The number of nitrogens with zero attached hydrogens (tertiary/aromatic N) is 2. The van der Waals surface area contributed by atoms with Crippen molar-refractivity contribution in [3.63, 3.8) is 0 Å². The third-order valence-corrected chi connectivity index (χ3v) is 5.37. The Kier molecular flexibility index (Phi) is 5.16. The first-order valence-corrected chi connectivity index (χ1v) is 9.10. The molecule has 7 heteroatoms. The zero-order chi connectivity index (χ0) is 18.9. The Bertz CT molecular complexity index is 682. The van der Waals surface area contributed by atoms with Gasteiger partial charge in [-0.3, -0.25) is 4.79 Å². The number of rotatable bonds is 4. The predicted molar refractivity (Wildman–Crippen MR) is 91.8 cm³/mol. The molecule has 0 bridgehead atoms. The first kappa shape index (κ1) is 18.6. The van der Waals surface area contributed by atoms with Gasteiger partial charge in [0.05, 0.1) is 6.54 Å². The van der Waals surface area contributed by atoms with Crippen LogP contribution in [0.2, 0.25) is 0 Å². The lowest BCUT2D eigenvalue weighted by atomic mass is 9.90. The van der Waals surface area contributed by atoms with Crippen LogP contribution in [-0.4, -0.2) is 53.1 Å². The highest BCUT2D eigenvalue weighted by Crippen LogP contribution is 2.35. The van der Waals surface area contributed by atoms with E-state index in [2.05, 4.69) is 6.92 Å². The molecule has 26 heavy (non-hydrogen) atoms. The largest absolute Gasteiger partial charge is 0.441 e. The summed E-state index contributed by atoms with van der Waals surface area (Å²) in [5.41, 5.74) is -1.13. The summed E-state index contributed by atoms with van der Waals surface area (Å²) >= 11 is 0. The van der Waals surface area contributed by atoms with Crippen molar-refractivity contribution in [2.75, 3.05) is 19.6 Å². The van der Waals surface area contributed by atoms with Crippen molar-refractivity contribution >= 4 is 12.0 Å². The molecule has 0 saturated carbocycles. The Morgan fingerprint density at radius 3 is 2.46 bits per heavy atom. The summed E-state index contributed by atoms with van der Waals surface area (Å²) in [5.74, 6) is -2.37. The monoisotopic (exact) mass is 366 g/mol. The number of piperidine rings is 1. The lowest BCUT2D eigenvalue weighted by molar-refractivity contribution is 0.00283. The lowest BCUT2D eigenvalue weighted by Gasteiger charge is -2.37. The second kappa shape index (κ2) is 7.21. The minimum Gasteiger partial charge on any atom is -0.441 e. The number of hydrogen-bond donors (Lipinski definition) is 0. The molecule has 142 valence electrons. The topological polar surface area (TPSA) is 49.9 Å². The van der Waals surface area contributed by atoms with E-state index in [0.717, 1.165) is 25.0 Å². The van der Waals surface area contributed by atoms with Crippen molar-refractivity contribution in [2.24, 2.45) is 0 Å². The van der Waals surface area contributed by atoms with Crippen LogP contribution in [0.25, 0.3) is 0 Å². The van der Waals surface area contributed by atoms with Gasteiger partial charge in [0.25, 0.3) is 5.91 Å². The fourth-order valence-electron chi connectivity index (χ4n) is 3.80. The van der Waals surface area contributed by atoms with Crippen LogP contribution in [-0.2, 0) is 4.74 Å². The van der Waals surface area contributed by atoms with Crippen molar-refractivity contribution in [1.82, 2.24) is 9.80 Å². The first-order chi connectivity index (χ1) is 12.4. The van der Waals surface area contributed by atoms with Crippen LogP contribution >= 0.6 is 0 Å². The molecule has 3 rings (SSSR count). The fourth-order valence-corrected chi connectivity index (χ4v) is 3.80. The molecule has 2 aliphatic heterocycles. The van der Waals surface area contributed by atoms with Crippen LogP contribution in [0.3, 0.4) is 0 Å². The van der Waals surface area contributed by atoms with Gasteiger partial charge in [-0.2, -0.15) is 0 Å². The number of ether oxygens (including phenoxy) is 1. The summed E-state index contributed by atoms with van der Waals surface area (Å²) in [6.45, 7) is 5.18. The van der Waals surface area contributed by atoms with Crippen LogP contribution in [0.1, 0.15) is 49.9 Å². The fraction of sp³-hybridized carbons (Fsp3) is 0.579. The molecule has 2 fully saturated rings. The molecule has 1 unspecified atom stereocenters.